The van der Waals surface area contributed by atoms with Gasteiger partial charge in [-0.3, -0.25) is 14.2 Å². The maximum absolute atomic E-state index is 13.1. The standard InChI is InChI=1S/C24H24ClN3O3S/c1-2-11-28-23(30)20-10-7-17(22(29)26-14-19-4-3-12-31-19)13-21(20)27-24(28)32-15-16-5-8-18(25)9-6-16/h2,5-10,13,19H,1,3-4,11-12,14-15H2,(H,26,29). The van der Waals surface area contributed by atoms with E-state index < -0.39 is 0 Å². The van der Waals surface area contributed by atoms with E-state index in [4.69, 9.17) is 21.3 Å². The number of fused-ring (bicyclic) bond motifs is 1. The number of allylic oxidation sites excluding steroid dienone is 1. The summed E-state index contributed by atoms with van der Waals surface area (Å²) in [5.41, 5.74) is 1.89. The summed E-state index contributed by atoms with van der Waals surface area (Å²) in [4.78, 5) is 30.4. The molecule has 1 amide bonds. The lowest BCUT2D eigenvalue weighted by Crippen LogP contribution is -2.31. The Morgan fingerprint density at radius 2 is 2.12 bits per heavy atom. The molecule has 0 aliphatic carbocycles. The summed E-state index contributed by atoms with van der Waals surface area (Å²) < 4.78 is 7.16. The van der Waals surface area contributed by atoms with Gasteiger partial charge in [-0.05, 0) is 48.7 Å². The van der Waals surface area contributed by atoms with E-state index in [-0.39, 0.29) is 17.6 Å². The van der Waals surface area contributed by atoms with Gasteiger partial charge < -0.3 is 10.1 Å². The van der Waals surface area contributed by atoms with Crippen molar-refractivity contribution in [2.24, 2.45) is 0 Å². The molecule has 1 fully saturated rings. The molecule has 0 bridgehead atoms. The van der Waals surface area contributed by atoms with Crippen LogP contribution < -0.4 is 10.9 Å². The molecule has 4 rings (SSSR count). The molecule has 1 aliphatic heterocycles. The van der Waals surface area contributed by atoms with Gasteiger partial charge in [-0.15, -0.1) is 6.58 Å². The van der Waals surface area contributed by atoms with Crippen LogP contribution in [0.5, 0.6) is 0 Å². The Morgan fingerprint density at radius 1 is 1.31 bits per heavy atom. The smallest absolute Gasteiger partial charge is 0.262 e. The van der Waals surface area contributed by atoms with Gasteiger partial charge in [0.15, 0.2) is 5.16 Å². The fraction of sp³-hybridized carbons (Fsp3) is 0.292. The first-order valence-corrected chi connectivity index (χ1v) is 11.8. The number of hydrogen-bond donors (Lipinski definition) is 1. The summed E-state index contributed by atoms with van der Waals surface area (Å²) in [7, 11) is 0. The van der Waals surface area contributed by atoms with Crippen LogP contribution in [0, 0.1) is 0 Å². The Morgan fingerprint density at radius 3 is 2.84 bits per heavy atom. The van der Waals surface area contributed by atoms with Crippen molar-refractivity contribution >= 4 is 40.2 Å². The number of halogens is 1. The SMILES string of the molecule is C=CCn1c(SCc2ccc(Cl)cc2)nc2cc(C(=O)NCC3CCCO3)ccc2c1=O. The normalized spacial score (nSPS) is 15.7. The zero-order chi connectivity index (χ0) is 22.5. The number of amides is 1. The minimum atomic E-state index is -0.199. The number of nitrogens with one attached hydrogen (secondary N) is 1. The number of thioether (sulfide) groups is 1. The molecule has 166 valence electrons. The summed E-state index contributed by atoms with van der Waals surface area (Å²) in [5.74, 6) is 0.434. The highest BCUT2D eigenvalue weighted by Crippen LogP contribution is 2.23. The van der Waals surface area contributed by atoms with Crippen LogP contribution in [0.1, 0.15) is 28.8 Å². The number of ether oxygens (including phenoxy) is 1. The summed E-state index contributed by atoms with van der Waals surface area (Å²) in [5, 5.41) is 4.64. The van der Waals surface area contributed by atoms with Crippen molar-refractivity contribution in [2.75, 3.05) is 13.2 Å². The zero-order valence-electron chi connectivity index (χ0n) is 17.6. The molecule has 1 atom stereocenters. The molecule has 1 aliphatic rings. The first-order chi connectivity index (χ1) is 15.5. The molecule has 1 unspecified atom stereocenters. The maximum atomic E-state index is 13.1. The predicted octanol–water partition coefficient (Wildman–Crippen LogP) is 4.44. The van der Waals surface area contributed by atoms with Crippen LogP contribution in [-0.4, -0.2) is 34.7 Å². The van der Waals surface area contributed by atoms with Crippen molar-refractivity contribution in [3.8, 4) is 0 Å². The van der Waals surface area contributed by atoms with E-state index in [1.54, 1.807) is 28.8 Å². The minimum absolute atomic E-state index is 0.0690. The molecule has 1 saturated heterocycles. The van der Waals surface area contributed by atoms with E-state index in [1.807, 2.05) is 24.3 Å². The highest BCUT2D eigenvalue weighted by molar-refractivity contribution is 7.98. The van der Waals surface area contributed by atoms with E-state index >= 15 is 0 Å². The lowest BCUT2D eigenvalue weighted by atomic mass is 10.1. The molecular formula is C24H24ClN3O3S. The average Bonchev–Trinajstić information content (AvgIpc) is 3.32. The highest BCUT2D eigenvalue weighted by Gasteiger charge is 2.18. The number of rotatable bonds is 8. The van der Waals surface area contributed by atoms with E-state index in [1.165, 1.54) is 11.8 Å². The first-order valence-electron chi connectivity index (χ1n) is 10.5. The summed E-state index contributed by atoms with van der Waals surface area (Å²) in [6.07, 6.45) is 3.72. The molecule has 1 N–H and O–H groups in total. The lowest BCUT2D eigenvalue weighted by molar-refractivity contribution is 0.0858. The number of nitrogens with zero attached hydrogens (tertiary/aromatic N) is 2. The third kappa shape index (κ3) is 5.23. The fourth-order valence-electron chi connectivity index (χ4n) is 3.58. The number of benzene rings is 2. The average molecular weight is 470 g/mol. The van der Waals surface area contributed by atoms with Crippen molar-refractivity contribution in [1.29, 1.82) is 0 Å². The third-order valence-corrected chi connectivity index (χ3v) is 6.59. The molecule has 0 radical (unpaired) electrons. The van der Waals surface area contributed by atoms with Gasteiger partial charge in [-0.25, -0.2) is 4.98 Å². The Hall–Kier alpha value is -2.61. The second kappa shape index (κ2) is 10.3. The summed E-state index contributed by atoms with van der Waals surface area (Å²) in [6.45, 7) is 5.34. The van der Waals surface area contributed by atoms with Gasteiger partial charge in [-0.2, -0.15) is 0 Å². The molecule has 0 saturated carbocycles. The Balaban J connectivity index is 1.60. The van der Waals surface area contributed by atoms with Gasteiger partial charge in [-0.1, -0.05) is 41.6 Å². The number of aromatic nitrogens is 2. The van der Waals surface area contributed by atoms with Gasteiger partial charge in [0.05, 0.1) is 17.0 Å². The molecule has 32 heavy (non-hydrogen) atoms. The largest absolute Gasteiger partial charge is 0.376 e. The zero-order valence-corrected chi connectivity index (χ0v) is 19.1. The van der Waals surface area contributed by atoms with Crippen molar-refractivity contribution in [3.63, 3.8) is 0 Å². The van der Waals surface area contributed by atoms with Crippen LogP contribution in [-0.2, 0) is 17.0 Å². The summed E-state index contributed by atoms with van der Waals surface area (Å²) in [6, 6.07) is 12.6. The van der Waals surface area contributed by atoms with Crippen LogP contribution in [0.25, 0.3) is 10.9 Å². The molecule has 0 spiro atoms. The molecule has 1 aromatic heterocycles. The van der Waals surface area contributed by atoms with Crippen molar-refractivity contribution in [3.05, 3.63) is 81.6 Å². The predicted molar refractivity (Wildman–Crippen MR) is 129 cm³/mol. The van der Waals surface area contributed by atoms with Crippen LogP contribution in [0.4, 0.5) is 0 Å². The molecule has 6 nitrogen and oxygen atoms in total. The number of carbonyl (C=O) groups is 1. The Kier molecular flexibility index (Phi) is 7.29. The Bertz CT molecular complexity index is 1190. The fourth-order valence-corrected chi connectivity index (χ4v) is 4.68. The van der Waals surface area contributed by atoms with Gasteiger partial charge in [0.2, 0.25) is 0 Å². The minimum Gasteiger partial charge on any atom is -0.376 e. The molecular weight excluding hydrogens is 446 g/mol. The number of hydrogen-bond acceptors (Lipinski definition) is 5. The number of carbonyl (C=O) groups excluding carboxylic acids is 1. The lowest BCUT2D eigenvalue weighted by Gasteiger charge is -2.13. The second-order valence-corrected chi connectivity index (χ2v) is 8.97. The van der Waals surface area contributed by atoms with Crippen molar-refractivity contribution in [1.82, 2.24) is 14.9 Å². The topological polar surface area (TPSA) is 73.2 Å². The van der Waals surface area contributed by atoms with E-state index in [9.17, 15) is 9.59 Å². The molecule has 8 heteroatoms. The van der Waals surface area contributed by atoms with Crippen LogP contribution in [0.2, 0.25) is 5.02 Å². The second-order valence-electron chi connectivity index (χ2n) is 7.59. The van der Waals surface area contributed by atoms with E-state index in [2.05, 4.69) is 11.9 Å². The third-order valence-electron chi connectivity index (χ3n) is 5.29. The molecule has 2 aromatic carbocycles. The Labute approximate surface area is 195 Å². The molecule has 3 aromatic rings. The summed E-state index contributed by atoms with van der Waals surface area (Å²) >= 11 is 7.43. The van der Waals surface area contributed by atoms with Crippen LogP contribution in [0.15, 0.2) is 65.1 Å². The van der Waals surface area contributed by atoms with Gasteiger partial charge in [0, 0.05) is 36.0 Å². The van der Waals surface area contributed by atoms with Gasteiger partial charge >= 0.3 is 0 Å². The van der Waals surface area contributed by atoms with Crippen LogP contribution in [0.3, 0.4) is 0 Å². The highest BCUT2D eigenvalue weighted by atomic mass is 35.5. The van der Waals surface area contributed by atoms with E-state index in [0.717, 1.165) is 25.0 Å². The first kappa shape index (κ1) is 22.6. The van der Waals surface area contributed by atoms with Gasteiger partial charge in [0.1, 0.15) is 0 Å². The van der Waals surface area contributed by atoms with Crippen molar-refractivity contribution < 1.29 is 9.53 Å². The van der Waals surface area contributed by atoms with Crippen molar-refractivity contribution in [2.45, 2.75) is 36.4 Å². The van der Waals surface area contributed by atoms with Gasteiger partial charge in [0.25, 0.3) is 11.5 Å². The monoisotopic (exact) mass is 469 g/mol. The molecule has 2 heterocycles. The quantitative estimate of drug-likeness (QED) is 0.300. The van der Waals surface area contributed by atoms with E-state index in [0.29, 0.717) is 45.5 Å². The van der Waals surface area contributed by atoms with Crippen LogP contribution >= 0.6 is 23.4 Å². The maximum Gasteiger partial charge on any atom is 0.262 e.